The zero-order valence-corrected chi connectivity index (χ0v) is 26.7. The highest BCUT2D eigenvalue weighted by Gasteiger charge is 2.62. The van der Waals surface area contributed by atoms with E-state index in [1.807, 2.05) is 39.8 Å². The van der Waals surface area contributed by atoms with E-state index in [2.05, 4.69) is 6.92 Å². The van der Waals surface area contributed by atoms with Crippen LogP contribution in [0.1, 0.15) is 106 Å². The molecule has 236 valence electrons. The minimum absolute atomic E-state index is 0.261. The molecule has 2 heterocycles. The van der Waals surface area contributed by atoms with Crippen molar-refractivity contribution in [2.45, 2.75) is 130 Å². The molecule has 3 aliphatic rings. The highest BCUT2D eigenvalue weighted by Crippen LogP contribution is 2.58. The molecule has 42 heavy (non-hydrogen) atoms. The molecule has 0 aromatic heterocycles. The molecule has 8 atom stereocenters. The van der Waals surface area contributed by atoms with Crippen LogP contribution >= 0.6 is 0 Å². The largest absolute Gasteiger partial charge is 0.487 e. The predicted octanol–water partition coefficient (Wildman–Crippen LogP) is 5.99. The van der Waals surface area contributed by atoms with Crippen LogP contribution < -0.4 is 0 Å². The van der Waals surface area contributed by atoms with Crippen molar-refractivity contribution >= 4 is 23.9 Å². The molecule has 3 rings (SSSR count). The molecule has 1 aliphatic carbocycles. The van der Waals surface area contributed by atoms with Crippen LogP contribution in [-0.4, -0.2) is 54.9 Å². The maximum absolute atomic E-state index is 13.0. The van der Waals surface area contributed by atoms with E-state index < -0.39 is 53.1 Å². The molecule has 9 nitrogen and oxygen atoms in total. The molecule has 0 radical (unpaired) electrons. The van der Waals surface area contributed by atoms with Gasteiger partial charge in [0.15, 0.2) is 0 Å². The van der Waals surface area contributed by atoms with Crippen LogP contribution in [0.15, 0.2) is 23.5 Å². The smallest absolute Gasteiger partial charge is 0.312 e. The minimum Gasteiger partial charge on any atom is -0.487 e. The lowest BCUT2D eigenvalue weighted by Crippen LogP contribution is -2.62. The molecule has 2 bridgehead atoms. The van der Waals surface area contributed by atoms with Crippen LogP contribution in [-0.2, 0) is 42.9 Å². The van der Waals surface area contributed by atoms with Crippen LogP contribution in [0.5, 0.6) is 0 Å². The van der Waals surface area contributed by atoms with Gasteiger partial charge < -0.3 is 23.7 Å². The second kappa shape index (κ2) is 14.1. The first-order chi connectivity index (χ1) is 19.8. The number of hydrogen-bond donors (Lipinski definition) is 0. The summed E-state index contributed by atoms with van der Waals surface area (Å²) in [5, 5.41) is 0. The van der Waals surface area contributed by atoms with Gasteiger partial charge in [0.1, 0.15) is 29.7 Å². The van der Waals surface area contributed by atoms with Crippen LogP contribution in [0.2, 0.25) is 0 Å². The molecule has 0 spiro atoms. The van der Waals surface area contributed by atoms with E-state index in [1.165, 1.54) is 14.0 Å². The Morgan fingerprint density at radius 2 is 1.69 bits per heavy atom. The van der Waals surface area contributed by atoms with Crippen LogP contribution in [0, 0.1) is 23.2 Å². The third kappa shape index (κ3) is 7.20. The number of rotatable bonds is 11. The number of carbonyl (C=O) groups is 4. The third-order valence-electron chi connectivity index (χ3n) is 9.37. The molecule has 0 aromatic rings. The fraction of sp³-hybridized carbons (Fsp3) is 0.758. The second-order valence-corrected chi connectivity index (χ2v) is 12.6. The number of methoxy groups -OCH3 is 1. The molecule has 9 heteroatoms. The van der Waals surface area contributed by atoms with Crippen molar-refractivity contribution in [3.63, 3.8) is 0 Å². The Labute approximate surface area is 250 Å². The van der Waals surface area contributed by atoms with E-state index in [-0.39, 0.29) is 30.7 Å². The lowest BCUT2D eigenvalue weighted by Gasteiger charge is -2.57. The summed E-state index contributed by atoms with van der Waals surface area (Å²) in [5.41, 5.74) is -1.01. The number of ether oxygens (including phenoxy) is 5. The van der Waals surface area contributed by atoms with Gasteiger partial charge in [0.05, 0.1) is 18.4 Å². The summed E-state index contributed by atoms with van der Waals surface area (Å²) >= 11 is 0. The fourth-order valence-corrected chi connectivity index (χ4v) is 6.94. The molecular weight excluding hydrogens is 540 g/mol. The summed E-state index contributed by atoms with van der Waals surface area (Å²) in [6.07, 6.45) is 7.06. The number of esters is 4. The summed E-state index contributed by atoms with van der Waals surface area (Å²) < 4.78 is 30.2. The van der Waals surface area contributed by atoms with E-state index in [1.54, 1.807) is 6.92 Å². The quantitative estimate of drug-likeness (QED) is 0.163. The van der Waals surface area contributed by atoms with Gasteiger partial charge in [-0.1, -0.05) is 46.6 Å². The zero-order valence-electron chi connectivity index (χ0n) is 26.7. The van der Waals surface area contributed by atoms with Crippen molar-refractivity contribution in [2.75, 3.05) is 7.11 Å². The SMILES string of the molecule is CCCCCC(=O)OC1CC(OC(C)=O)[C@]2(C)C(OC(=O)CCC)CCC3(C)C=CC(C(C)C(=O)OC)=C(O3)C2C1C. The molecular formula is C33H50O9. The van der Waals surface area contributed by atoms with E-state index in [0.717, 1.165) is 19.3 Å². The highest BCUT2D eigenvalue weighted by molar-refractivity contribution is 5.76. The zero-order chi connectivity index (χ0) is 31.2. The molecule has 7 unspecified atom stereocenters. The maximum atomic E-state index is 13.0. The molecule has 0 aromatic carbocycles. The molecule has 0 N–H and O–H groups in total. The Kier molecular flexibility index (Phi) is 11.3. The summed E-state index contributed by atoms with van der Waals surface area (Å²) in [6, 6.07) is 0. The van der Waals surface area contributed by atoms with Gasteiger partial charge in [-0.15, -0.1) is 0 Å². The van der Waals surface area contributed by atoms with Crippen LogP contribution in [0.3, 0.4) is 0 Å². The number of carbonyl (C=O) groups excluding carboxylic acids is 4. The van der Waals surface area contributed by atoms with E-state index >= 15 is 0 Å². The van der Waals surface area contributed by atoms with Gasteiger partial charge in [-0.05, 0) is 45.6 Å². The van der Waals surface area contributed by atoms with E-state index in [0.29, 0.717) is 37.0 Å². The monoisotopic (exact) mass is 590 g/mol. The Hall–Kier alpha value is -2.84. The number of fused-ring (bicyclic) bond motifs is 4. The van der Waals surface area contributed by atoms with Crippen LogP contribution in [0.4, 0.5) is 0 Å². The molecule has 1 saturated heterocycles. The average Bonchev–Trinajstić information content (AvgIpc) is 2.92. The first kappa shape index (κ1) is 33.7. The normalized spacial score (nSPS) is 32.8. The number of allylic oxidation sites excluding steroid dienone is 2. The summed E-state index contributed by atoms with van der Waals surface area (Å²) in [6.45, 7) is 13.1. The Balaban J connectivity index is 2.21. The number of unbranched alkanes of at least 4 members (excludes halogenated alkanes) is 2. The molecule has 1 saturated carbocycles. The minimum atomic E-state index is -0.942. The lowest BCUT2D eigenvalue weighted by atomic mass is 9.55. The fourth-order valence-electron chi connectivity index (χ4n) is 6.94. The first-order valence-electron chi connectivity index (χ1n) is 15.6. The van der Waals surface area contributed by atoms with Crippen molar-refractivity contribution in [1.82, 2.24) is 0 Å². The van der Waals surface area contributed by atoms with Gasteiger partial charge in [-0.25, -0.2) is 0 Å². The Bertz CT molecular complexity index is 1080. The van der Waals surface area contributed by atoms with Crippen LogP contribution in [0.25, 0.3) is 0 Å². The Morgan fingerprint density at radius 3 is 2.31 bits per heavy atom. The van der Waals surface area contributed by atoms with Crippen molar-refractivity contribution in [3.8, 4) is 0 Å². The van der Waals surface area contributed by atoms with E-state index in [4.69, 9.17) is 23.7 Å². The maximum Gasteiger partial charge on any atom is 0.312 e. The van der Waals surface area contributed by atoms with Gasteiger partial charge >= 0.3 is 23.9 Å². The summed E-state index contributed by atoms with van der Waals surface area (Å²) in [7, 11) is 1.35. The summed E-state index contributed by atoms with van der Waals surface area (Å²) in [5.74, 6) is -2.42. The van der Waals surface area contributed by atoms with Crippen molar-refractivity contribution in [3.05, 3.63) is 23.5 Å². The van der Waals surface area contributed by atoms with E-state index in [9.17, 15) is 19.2 Å². The topological polar surface area (TPSA) is 114 Å². The van der Waals surface area contributed by atoms with Gasteiger partial charge in [-0.3, -0.25) is 19.2 Å². The van der Waals surface area contributed by atoms with Gasteiger partial charge in [0.25, 0.3) is 0 Å². The average molecular weight is 591 g/mol. The molecule has 2 fully saturated rings. The van der Waals surface area contributed by atoms with Gasteiger partial charge in [0, 0.05) is 43.6 Å². The van der Waals surface area contributed by atoms with Crippen molar-refractivity contribution in [1.29, 1.82) is 0 Å². The standard InChI is InChI=1S/C33H50O9/c1-9-11-12-14-28(36)40-24-19-26(39-22(5)34)33(7)25(41-27(35)13-10-2)16-18-32(6)17-15-23(20(3)31(37)38-8)30(42-32)29(33)21(24)4/h15,17,20-21,24-26,29H,9-14,16,18-19H2,1-8H3/t20?,21?,24?,25?,26?,29?,32?,33-/m0/s1. The summed E-state index contributed by atoms with van der Waals surface area (Å²) in [4.78, 5) is 51.2. The first-order valence-corrected chi connectivity index (χ1v) is 15.6. The third-order valence-corrected chi connectivity index (χ3v) is 9.37. The van der Waals surface area contributed by atoms with Crippen molar-refractivity contribution in [2.24, 2.45) is 23.2 Å². The highest BCUT2D eigenvalue weighted by atomic mass is 16.6. The molecule has 2 aliphatic heterocycles. The van der Waals surface area contributed by atoms with Gasteiger partial charge in [0.2, 0.25) is 0 Å². The lowest BCUT2D eigenvalue weighted by molar-refractivity contribution is -0.218. The number of hydrogen-bond acceptors (Lipinski definition) is 9. The van der Waals surface area contributed by atoms with Crippen molar-refractivity contribution < 1.29 is 42.9 Å². The van der Waals surface area contributed by atoms with Gasteiger partial charge in [-0.2, -0.15) is 0 Å². The molecule has 0 amide bonds. The predicted molar refractivity (Wildman–Crippen MR) is 156 cm³/mol. The Morgan fingerprint density at radius 1 is 1.00 bits per heavy atom. The second-order valence-electron chi connectivity index (χ2n) is 12.6.